The lowest BCUT2D eigenvalue weighted by atomic mass is 10.1. The Balaban J connectivity index is 0.000000178. The van der Waals surface area contributed by atoms with Crippen LogP contribution >= 0.6 is 22.6 Å². The summed E-state index contributed by atoms with van der Waals surface area (Å²) in [5.74, 6) is 7.97. The van der Waals surface area contributed by atoms with Crippen molar-refractivity contribution in [3.8, 4) is 36.3 Å². The molecular formula is C40H31F2IN4. The summed E-state index contributed by atoms with van der Waals surface area (Å²) in [6.07, 6.45) is 5.03. The fourth-order valence-electron chi connectivity index (χ4n) is 5.09. The largest absolute Gasteiger partial charge is 0.335 e. The Morgan fingerprint density at radius 2 is 1.13 bits per heavy atom. The van der Waals surface area contributed by atoms with Crippen molar-refractivity contribution in [3.63, 3.8) is 0 Å². The topological polar surface area (TPSA) is 57.4 Å². The number of terminal acetylenes is 1. The monoisotopic (exact) mass is 732 g/mol. The van der Waals surface area contributed by atoms with Gasteiger partial charge in [0.2, 0.25) is 0 Å². The minimum atomic E-state index is -0.286. The zero-order valence-electron chi connectivity index (χ0n) is 26.5. The molecule has 6 rings (SSSR count). The maximum absolute atomic E-state index is 13.0. The summed E-state index contributed by atoms with van der Waals surface area (Å²) in [5.41, 5.74) is 8.09. The fourth-order valence-corrected chi connectivity index (χ4v) is 6.10. The first-order valence-electron chi connectivity index (χ1n) is 14.9. The molecule has 0 spiro atoms. The molecule has 0 saturated heterocycles. The van der Waals surface area contributed by atoms with Crippen LogP contribution in [0.15, 0.2) is 84.9 Å². The first-order valence-corrected chi connectivity index (χ1v) is 15.9. The van der Waals surface area contributed by atoms with E-state index in [4.69, 9.17) is 11.7 Å². The molecular weight excluding hydrogens is 701 g/mol. The molecule has 0 amide bonds. The molecule has 232 valence electrons. The quantitative estimate of drug-likeness (QED) is 0.132. The number of aryl methyl sites for hydroxylation is 4. The van der Waals surface area contributed by atoms with E-state index in [9.17, 15) is 14.0 Å². The Bertz CT molecular complexity index is 2240. The van der Waals surface area contributed by atoms with Crippen LogP contribution in [-0.4, -0.2) is 9.13 Å². The van der Waals surface area contributed by atoms with Crippen LogP contribution in [-0.2, 0) is 13.1 Å². The number of halogens is 3. The van der Waals surface area contributed by atoms with Gasteiger partial charge in [-0.15, -0.1) is 6.42 Å². The lowest BCUT2D eigenvalue weighted by Crippen LogP contribution is -1.98. The summed E-state index contributed by atoms with van der Waals surface area (Å²) in [6.45, 7) is 9.87. The van der Waals surface area contributed by atoms with Crippen LogP contribution in [0.25, 0.3) is 21.8 Å². The smallest absolute Gasteiger partial charge is 0.123 e. The predicted molar refractivity (Wildman–Crippen MR) is 194 cm³/mol. The zero-order chi connectivity index (χ0) is 34.1. The SMILES string of the molecule is C#Cc1ccc(F)cc1.CCn1c(C#Cc2ccc(F)cc2)c(C#N)c2ccc(C)cc21.CCn1c(I)c(C#N)c2ccc(C)cc21. The third-order valence-electron chi connectivity index (χ3n) is 7.41. The van der Waals surface area contributed by atoms with E-state index in [1.54, 1.807) is 24.3 Å². The highest BCUT2D eigenvalue weighted by Crippen LogP contribution is 2.28. The highest BCUT2D eigenvalue weighted by molar-refractivity contribution is 14.1. The number of fused-ring (bicyclic) bond motifs is 2. The summed E-state index contributed by atoms with van der Waals surface area (Å²) in [7, 11) is 0. The number of rotatable bonds is 2. The molecule has 0 radical (unpaired) electrons. The van der Waals surface area contributed by atoms with Gasteiger partial charge in [0.05, 0.1) is 25.9 Å². The van der Waals surface area contributed by atoms with Crippen LogP contribution < -0.4 is 0 Å². The van der Waals surface area contributed by atoms with Gasteiger partial charge >= 0.3 is 0 Å². The van der Waals surface area contributed by atoms with Gasteiger partial charge in [-0.05, 0) is 128 Å². The molecule has 0 aliphatic carbocycles. The van der Waals surface area contributed by atoms with Crippen molar-refractivity contribution < 1.29 is 8.78 Å². The Morgan fingerprint density at radius 1 is 0.660 bits per heavy atom. The first-order chi connectivity index (χ1) is 22.6. The molecule has 0 aliphatic rings. The van der Waals surface area contributed by atoms with Crippen LogP contribution in [0.2, 0.25) is 0 Å². The van der Waals surface area contributed by atoms with Gasteiger partial charge in [-0.2, -0.15) is 10.5 Å². The Labute approximate surface area is 288 Å². The van der Waals surface area contributed by atoms with Gasteiger partial charge in [-0.1, -0.05) is 36.1 Å². The lowest BCUT2D eigenvalue weighted by molar-refractivity contribution is 0.627. The average molecular weight is 733 g/mol. The molecule has 0 saturated carbocycles. The minimum absolute atomic E-state index is 0.256. The number of nitriles is 2. The second kappa shape index (κ2) is 15.8. The molecule has 2 heterocycles. The molecule has 4 aromatic carbocycles. The molecule has 47 heavy (non-hydrogen) atoms. The molecule has 0 fully saturated rings. The van der Waals surface area contributed by atoms with E-state index >= 15 is 0 Å². The summed E-state index contributed by atoms with van der Waals surface area (Å²) >= 11 is 2.25. The van der Waals surface area contributed by atoms with Crippen molar-refractivity contribution in [3.05, 3.63) is 139 Å². The van der Waals surface area contributed by atoms with Crippen LogP contribution in [0, 0.1) is 76.0 Å². The molecule has 0 N–H and O–H groups in total. The normalized spacial score (nSPS) is 9.96. The highest BCUT2D eigenvalue weighted by Gasteiger charge is 2.15. The molecule has 2 aromatic heterocycles. The van der Waals surface area contributed by atoms with Crippen molar-refractivity contribution in [1.82, 2.24) is 9.13 Å². The van der Waals surface area contributed by atoms with E-state index in [2.05, 4.69) is 93.7 Å². The fraction of sp³-hybridized carbons (Fsp3) is 0.150. The van der Waals surface area contributed by atoms with Crippen molar-refractivity contribution in [2.24, 2.45) is 0 Å². The van der Waals surface area contributed by atoms with Gasteiger partial charge in [0, 0.05) is 35.0 Å². The van der Waals surface area contributed by atoms with Gasteiger partial charge < -0.3 is 9.13 Å². The van der Waals surface area contributed by atoms with E-state index in [1.807, 2.05) is 32.0 Å². The third kappa shape index (κ3) is 7.90. The van der Waals surface area contributed by atoms with E-state index in [0.717, 1.165) is 49.8 Å². The highest BCUT2D eigenvalue weighted by atomic mass is 127. The maximum atomic E-state index is 13.0. The lowest BCUT2D eigenvalue weighted by Gasteiger charge is -2.03. The van der Waals surface area contributed by atoms with Gasteiger partial charge in [-0.25, -0.2) is 8.78 Å². The molecule has 4 nitrogen and oxygen atoms in total. The zero-order valence-corrected chi connectivity index (χ0v) is 28.7. The maximum Gasteiger partial charge on any atom is 0.123 e. The molecule has 0 atom stereocenters. The molecule has 0 unspecified atom stereocenters. The van der Waals surface area contributed by atoms with Crippen molar-refractivity contribution in [2.75, 3.05) is 0 Å². The standard InChI is InChI=1S/C20H15FN2.C12H11IN2.C8H5F/c1-3-23-19(11-7-15-5-8-16(21)9-6-15)18(13-22)17-10-4-14(2)12-20(17)23;1-3-15-11-6-8(2)4-5-9(11)10(7-14)12(15)13;1-2-7-3-5-8(9)6-4-7/h4-6,8-10,12H,3H2,1-2H3;4-6H,3H2,1-2H3;1,3-6H. The Kier molecular flexibility index (Phi) is 11.6. The summed E-state index contributed by atoms with van der Waals surface area (Å²) < 4.78 is 30.4. The molecule has 6 aromatic rings. The minimum Gasteiger partial charge on any atom is -0.335 e. The molecule has 0 bridgehead atoms. The molecule has 7 heteroatoms. The third-order valence-corrected chi connectivity index (χ3v) is 8.53. The summed E-state index contributed by atoms with van der Waals surface area (Å²) in [6, 6.07) is 28.7. The molecule has 0 aliphatic heterocycles. The van der Waals surface area contributed by atoms with Crippen molar-refractivity contribution in [2.45, 2.75) is 40.8 Å². The van der Waals surface area contributed by atoms with Gasteiger partial charge in [0.25, 0.3) is 0 Å². The number of hydrogen-bond donors (Lipinski definition) is 0. The predicted octanol–water partition coefficient (Wildman–Crippen LogP) is 9.63. The second-order valence-corrected chi connectivity index (χ2v) is 11.6. The van der Waals surface area contributed by atoms with Crippen molar-refractivity contribution >= 4 is 44.4 Å². The van der Waals surface area contributed by atoms with E-state index in [1.165, 1.54) is 35.3 Å². The van der Waals surface area contributed by atoms with Gasteiger partial charge in [0.15, 0.2) is 0 Å². The van der Waals surface area contributed by atoms with Gasteiger partial charge in [0.1, 0.15) is 29.5 Å². The van der Waals surface area contributed by atoms with Crippen LogP contribution in [0.4, 0.5) is 8.78 Å². The Hall–Kier alpha value is -5.35. The second-order valence-electron chi connectivity index (χ2n) is 10.6. The van der Waals surface area contributed by atoms with E-state index in [0.29, 0.717) is 16.8 Å². The number of nitrogens with zero attached hydrogens (tertiary/aromatic N) is 4. The first kappa shape index (κ1) is 34.5. The number of benzene rings is 4. The number of aromatic nitrogens is 2. The van der Waals surface area contributed by atoms with Gasteiger partial charge in [-0.3, -0.25) is 0 Å². The van der Waals surface area contributed by atoms with Crippen molar-refractivity contribution in [1.29, 1.82) is 10.5 Å². The van der Waals surface area contributed by atoms with Crippen LogP contribution in [0.5, 0.6) is 0 Å². The van der Waals surface area contributed by atoms with E-state index < -0.39 is 0 Å². The van der Waals surface area contributed by atoms with E-state index in [-0.39, 0.29) is 11.6 Å². The number of hydrogen-bond acceptors (Lipinski definition) is 2. The Morgan fingerprint density at radius 3 is 1.60 bits per heavy atom. The average Bonchev–Trinajstić information content (AvgIpc) is 3.53. The van der Waals surface area contributed by atoms with Crippen LogP contribution in [0.1, 0.15) is 52.9 Å². The summed E-state index contributed by atoms with van der Waals surface area (Å²) in [5, 5.41) is 20.7. The van der Waals surface area contributed by atoms with Crippen LogP contribution in [0.3, 0.4) is 0 Å². The summed E-state index contributed by atoms with van der Waals surface area (Å²) in [4.78, 5) is 0.